The minimum atomic E-state index is -0.854. The van der Waals surface area contributed by atoms with Gasteiger partial charge in [-0.3, -0.25) is 14.4 Å². The molecule has 0 aromatic heterocycles. The monoisotopic (exact) mass is 580 g/mol. The molecule has 0 aromatic rings. The van der Waals surface area contributed by atoms with Crippen molar-refractivity contribution in [1.29, 1.82) is 0 Å². The normalized spacial score (nSPS) is 18.6. The van der Waals surface area contributed by atoms with Crippen LogP contribution in [-0.4, -0.2) is 56.5 Å². The zero-order valence-corrected chi connectivity index (χ0v) is 27.0. The molecule has 1 aliphatic rings. The second-order valence-electron chi connectivity index (χ2n) is 12.6. The van der Waals surface area contributed by atoms with Crippen molar-refractivity contribution in [3.05, 3.63) is 12.2 Å². The van der Waals surface area contributed by atoms with Crippen molar-refractivity contribution in [2.45, 2.75) is 143 Å². The molecule has 41 heavy (non-hydrogen) atoms. The molecule has 0 unspecified atom stereocenters. The van der Waals surface area contributed by atoms with Crippen LogP contribution in [0.4, 0.5) is 0 Å². The third kappa shape index (κ3) is 16.9. The van der Waals surface area contributed by atoms with Crippen molar-refractivity contribution in [2.75, 3.05) is 26.8 Å². The van der Waals surface area contributed by atoms with Gasteiger partial charge in [0.05, 0.1) is 19.6 Å². The molecule has 0 spiro atoms. The van der Waals surface area contributed by atoms with E-state index >= 15 is 0 Å². The Bertz CT molecular complexity index is 780. The maximum absolute atomic E-state index is 12.9. The summed E-state index contributed by atoms with van der Waals surface area (Å²) in [4.78, 5) is 37.5. The van der Waals surface area contributed by atoms with Gasteiger partial charge in [-0.25, -0.2) is 0 Å². The molecular weight excluding hydrogens is 520 g/mol. The Morgan fingerprint density at radius 1 is 0.878 bits per heavy atom. The van der Waals surface area contributed by atoms with Crippen LogP contribution in [0.3, 0.4) is 0 Å². The smallest absolute Gasteiger partial charge is 0.310 e. The van der Waals surface area contributed by atoms with Gasteiger partial charge in [0.1, 0.15) is 6.10 Å². The molecule has 1 aliphatic heterocycles. The SMILES string of the molecule is CCCCCCCCC=CCCCCCCCC(=O)NCC[C@@H](CNC(=O)[C@H]1OC(C)(C)OCC1(C)C)C(=O)OC. The van der Waals surface area contributed by atoms with E-state index in [4.69, 9.17) is 14.2 Å². The largest absolute Gasteiger partial charge is 0.469 e. The van der Waals surface area contributed by atoms with Crippen molar-refractivity contribution in [3.63, 3.8) is 0 Å². The van der Waals surface area contributed by atoms with E-state index in [0.29, 0.717) is 26.0 Å². The Hall–Kier alpha value is -1.93. The van der Waals surface area contributed by atoms with E-state index in [0.717, 1.165) is 25.7 Å². The summed E-state index contributed by atoms with van der Waals surface area (Å²) < 4.78 is 16.5. The van der Waals surface area contributed by atoms with Crippen LogP contribution in [0.2, 0.25) is 0 Å². The number of methoxy groups -OCH3 is 1. The number of ether oxygens (including phenoxy) is 3. The van der Waals surface area contributed by atoms with Crippen molar-refractivity contribution >= 4 is 17.8 Å². The van der Waals surface area contributed by atoms with Gasteiger partial charge in [-0.2, -0.15) is 0 Å². The Morgan fingerprint density at radius 2 is 1.46 bits per heavy atom. The second-order valence-corrected chi connectivity index (χ2v) is 12.6. The number of amides is 2. The standard InChI is InChI=1S/C33H60N2O6/c1-7-8-9-10-11-12-13-14-15-16-17-18-19-20-21-22-28(36)34-24-23-27(31(38)39-6)25-35-30(37)29-32(2,3)26-40-33(4,5)41-29/h14-15,27,29H,7-13,16-26H2,1-6H3,(H,34,36)(H,35,37)/t27-,29+/m0/s1. The van der Waals surface area contributed by atoms with Gasteiger partial charge in [-0.05, 0) is 52.4 Å². The van der Waals surface area contributed by atoms with Gasteiger partial charge in [0, 0.05) is 24.9 Å². The fourth-order valence-corrected chi connectivity index (χ4v) is 4.94. The first-order valence-electron chi connectivity index (χ1n) is 16.1. The fraction of sp³-hybridized carbons (Fsp3) is 0.848. The third-order valence-electron chi connectivity index (χ3n) is 7.68. The van der Waals surface area contributed by atoms with Gasteiger partial charge < -0.3 is 24.8 Å². The average molecular weight is 581 g/mol. The maximum Gasteiger partial charge on any atom is 0.310 e. The highest BCUT2D eigenvalue weighted by atomic mass is 16.7. The fourth-order valence-electron chi connectivity index (χ4n) is 4.94. The van der Waals surface area contributed by atoms with E-state index in [9.17, 15) is 14.4 Å². The topological polar surface area (TPSA) is 103 Å². The Morgan fingerprint density at radius 3 is 2.07 bits per heavy atom. The molecular formula is C33H60N2O6. The number of carbonyl (C=O) groups excluding carboxylic acids is 3. The highest BCUT2D eigenvalue weighted by molar-refractivity contribution is 5.82. The van der Waals surface area contributed by atoms with Gasteiger partial charge in [0.25, 0.3) is 0 Å². The molecule has 1 heterocycles. The molecule has 2 atom stereocenters. The number of nitrogens with one attached hydrogen (secondary N) is 2. The lowest BCUT2D eigenvalue weighted by molar-refractivity contribution is -0.304. The Kier molecular flexibility index (Phi) is 18.9. The van der Waals surface area contributed by atoms with E-state index in [1.165, 1.54) is 64.9 Å². The summed E-state index contributed by atoms with van der Waals surface area (Å²) in [5.41, 5.74) is -0.502. The van der Waals surface area contributed by atoms with Crippen molar-refractivity contribution in [1.82, 2.24) is 10.6 Å². The minimum absolute atomic E-state index is 0.00475. The number of hydrogen-bond acceptors (Lipinski definition) is 6. The summed E-state index contributed by atoms with van der Waals surface area (Å²) in [5, 5.41) is 5.75. The average Bonchev–Trinajstić information content (AvgIpc) is 2.93. The van der Waals surface area contributed by atoms with Crippen LogP contribution in [-0.2, 0) is 28.6 Å². The zero-order chi connectivity index (χ0) is 30.6. The lowest BCUT2D eigenvalue weighted by Crippen LogP contribution is -2.57. The van der Waals surface area contributed by atoms with Crippen LogP contribution in [0, 0.1) is 11.3 Å². The third-order valence-corrected chi connectivity index (χ3v) is 7.68. The first-order valence-corrected chi connectivity index (χ1v) is 16.1. The van der Waals surface area contributed by atoms with Crippen LogP contribution in [0.5, 0.6) is 0 Å². The van der Waals surface area contributed by atoms with E-state index in [2.05, 4.69) is 29.7 Å². The van der Waals surface area contributed by atoms with Gasteiger partial charge in [-0.15, -0.1) is 0 Å². The quantitative estimate of drug-likeness (QED) is 0.0848. The molecule has 0 saturated carbocycles. The van der Waals surface area contributed by atoms with Crippen LogP contribution in [0.1, 0.15) is 131 Å². The molecule has 1 fully saturated rings. The number of carbonyl (C=O) groups is 3. The summed E-state index contributed by atoms with van der Waals surface area (Å²) in [5.74, 6) is -2.11. The summed E-state index contributed by atoms with van der Waals surface area (Å²) >= 11 is 0. The zero-order valence-electron chi connectivity index (χ0n) is 27.0. The van der Waals surface area contributed by atoms with Crippen molar-refractivity contribution in [2.24, 2.45) is 11.3 Å². The second kappa shape index (κ2) is 20.9. The minimum Gasteiger partial charge on any atom is -0.469 e. The van der Waals surface area contributed by atoms with E-state index in [-0.39, 0.29) is 18.4 Å². The Labute approximate surface area is 250 Å². The number of allylic oxidation sites excluding steroid dienone is 2. The molecule has 2 amide bonds. The summed E-state index contributed by atoms with van der Waals surface area (Å²) in [6, 6.07) is 0. The number of unbranched alkanes of at least 4 members (excludes halogenated alkanes) is 11. The highest BCUT2D eigenvalue weighted by Gasteiger charge is 2.45. The molecule has 0 aliphatic carbocycles. The van der Waals surface area contributed by atoms with Gasteiger partial charge in [-0.1, -0.05) is 84.3 Å². The van der Waals surface area contributed by atoms with Crippen LogP contribution in [0.25, 0.3) is 0 Å². The van der Waals surface area contributed by atoms with Gasteiger partial charge in [0.2, 0.25) is 11.8 Å². The molecule has 1 saturated heterocycles. The molecule has 8 heteroatoms. The molecule has 8 nitrogen and oxygen atoms in total. The number of rotatable bonds is 22. The van der Waals surface area contributed by atoms with Crippen LogP contribution >= 0.6 is 0 Å². The van der Waals surface area contributed by atoms with Gasteiger partial charge in [0.15, 0.2) is 5.79 Å². The molecule has 1 rings (SSSR count). The van der Waals surface area contributed by atoms with Crippen LogP contribution < -0.4 is 10.6 Å². The van der Waals surface area contributed by atoms with Gasteiger partial charge >= 0.3 is 5.97 Å². The summed E-state index contributed by atoms with van der Waals surface area (Å²) in [6.45, 7) is 10.5. The predicted molar refractivity (Wildman–Crippen MR) is 164 cm³/mol. The van der Waals surface area contributed by atoms with Crippen LogP contribution in [0.15, 0.2) is 12.2 Å². The van der Waals surface area contributed by atoms with Crippen molar-refractivity contribution < 1.29 is 28.6 Å². The number of hydrogen-bond donors (Lipinski definition) is 2. The van der Waals surface area contributed by atoms with E-state index in [1.54, 1.807) is 13.8 Å². The van der Waals surface area contributed by atoms with E-state index in [1.807, 2.05) is 13.8 Å². The van der Waals surface area contributed by atoms with Crippen molar-refractivity contribution in [3.8, 4) is 0 Å². The molecule has 0 bridgehead atoms. The lowest BCUT2D eigenvalue weighted by atomic mass is 9.85. The molecule has 0 radical (unpaired) electrons. The maximum atomic E-state index is 12.9. The molecule has 0 aromatic carbocycles. The highest BCUT2D eigenvalue weighted by Crippen LogP contribution is 2.34. The summed E-state index contributed by atoms with van der Waals surface area (Å²) in [6.07, 6.45) is 20.8. The first kappa shape index (κ1) is 37.1. The molecule has 2 N–H and O–H groups in total. The summed E-state index contributed by atoms with van der Waals surface area (Å²) in [7, 11) is 1.33. The predicted octanol–water partition coefficient (Wildman–Crippen LogP) is 6.61. The lowest BCUT2D eigenvalue weighted by Gasteiger charge is -2.44. The first-order chi connectivity index (χ1) is 19.5. The number of esters is 1. The van der Waals surface area contributed by atoms with E-state index < -0.39 is 29.2 Å². The Balaban J connectivity index is 2.17. The molecule has 238 valence electrons.